The summed E-state index contributed by atoms with van der Waals surface area (Å²) in [4.78, 5) is 24.8. The molecule has 1 heterocycles. The molecule has 6 nitrogen and oxygen atoms in total. The van der Waals surface area contributed by atoms with Crippen molar-refractivity contribution in [2.24, 2.45) is 5.73 Å². The molecule has 0 aliphatic carbocycles. The number of primary amides is 1. The molecule has 19 heavy (non-hydrogen) atoms. The molecule has 102 valence electrons. The van der Waals surface area contributed by atoms with E-state index in [0.29, 0.717) is 11.3 Å². The van der Waals surface area contributed by atoms with Crippen molar-refractivity contribution < 1.29 is 9.59 Å². The minimum Gasteiger partial charge on any atom is -0.351 e. The lowest BCUT2D eigenvalue weighted by atomic mass is 10.1. The van der Waals surface area contributed by atoms with E-state index in [1.54, 1.807) is 24.3 Å². The van der Waals surface area contributed by atoms with Crippen molar-refractivity contribution in [1.29, 1.82) is 0 Å². The van der Waals surface area contributed by atoms with Gasteiger partial charge in [0.05, 0.1) is 0 Å². The minimum atomic E-state index is -0.613. The fourth-order valence-corrected chi connectivity index (χ4v) is 2.07. The van der Waals surface area contributed by atoms with Crippen LogP contribution in [-0.4, -0.2) is 43.0 Å². The smallest absolute Gasteiger partial charge is 0.316 e. The van der Waals surface area contributed by atoms with Gasteiger partial charge in [-0.1, -0.05) is 0 Å². The Kier molecular flexibility index (Phi) is 4.35. The van der Waals surface area contributed by atoms with E-state index >= 15 is 0 Å². The lowest BCUT2D eigenvalue weighted by molar-refractivity contribution is 0.0766. The van der Waals surface area contributed by atoms with Crippen LogP contribution >= 0.6 is 0 Å². The third-order valence-corrected chi connectivity index (χ3v) is 3.03. The summed E-state index contributed by atoms with van der Waals surface area (Å²) in [5.74, 6) is 0.0225. The topological polar surface area (TPSA) is 87.5 Å². The Labute approximate surface area is 112 Å². The second-order valence-corrected chi connectivity index (χ2v) is 4.46. The third-order valence-electron chi connectivity index (χ3n) is 3.03. The highest BCUT2D eigenvalue weighted by Crippen LogP contribution is 2.12. The zero-order valence-corrected chi connectivity index (χ0v) is 10.7. The second-order valence-electron chi connectivity index (χ2n) is 4.46. The third kappa shape index (κ3) is 3.69. The maximum Gasteiger partial charge on any atom is 0.316 e. The molecule has 2 rings (SSSR count). The summed E-state index contributed by atoms with van der Waals surface area (Å²) in [6.45, 7) is 3.27. The largest absolute Gasteiger partial charge is 0.351 e. The van der Waals surface area contributed by atoms with Crippen LogP contribution in [0, 0.1) is 0 Å². The molecule has 0 atom stereocenters. The number of carbonyl (C=O) groups is 2. The Morgan fingerprint density at radius 1 is 1.16 bits per heavy atom. The number of urea groups is 1. The highest BCUT2D eigenvalue weighted by Gasteiger charge is 2.16. The van der Waals surface area contributed by atoms with Gasteiger partial charge in [-0.05, 0) is 37.2 Å². The summed E-state index contributed by atoms with van der Waals surface area (Å²) in [7, 11) is 0. The lowest BCUT2D eigenvalue weighted by Gasteiger charge is -2.20. The molecule has 0 radical (unpaired) electrons. The van der Waals surface area contributed by atoms with E-state index in [4.69, 9.17) is 5.73 Å². The van der Waals surface area contributed by atoms with E-state index in [9.17, 15) is 9.59 Å². The molecule has 0 unspecified atom stereocenters. The van der Waals surface area contributed by atoms with Gasteiger partial charge in [0.15, 0.2) is 0 Å². The van der Waals surface area contributed by atoms with Gasteiger partial charge in [-0.3, -0.25) is 4.79 Å². The molecule has 0 spiro atoms. The number of nitrogens with two attached hydrogens (primary N) is 1. The maximum absolute atomic E-state index is 12.3. The van der Waals surface area contributed by atoms with Gasteiger partial charge in [-0.25, -0.2) is 4.79 Å². The van der Waals surface area contributed by atoms with Crippen molar-refractivity contribution in [2.45, 2.75) is 6.42 Å². The van der Waals surface area contributed by atoms with Gasteiger partial charge in [0, 0.05) is 30.9 Å². The Balaban J connectivity index is 2.04. The van der Waals surface area contributed by atoms with Crippen molar-refractivity contribution in [2.75, 3.05) is 31.5 Å². The highest BCUT2D eigenvalue weighted by atomic mass is 16.2. The lowest BCUT2D eigenvalue weighted by Crippen LogP contribution is -2.34. The van der Waals surface area contributed by atoms with E-state index < -0.39 is 6.03 Å². The van der Waals surface area contributed by atoms with Crippen LogP contribution < -0.4 is 16.4 Å². The minimum absolute atomic E-state index is 0.0225. The molecular formula is C13H18N4O2. The Morgan fingerprint density at radius 2 is 1.89 bits per heavy atom. The summed E-state index contributed by atoms with van der Waals surface area (Å²) < 4.78 is 0. The first-order valence-corrected chi connectivity index (χ1v) is 6.33. The monoisotopic (exact) mass is 262 g/mol. The SMILES string of the molecule is NC(=O)Nc1ccc(C(=O)N2CCCNCC2)cc1. The van der Waals surface area contributed by atoms with E-state index in [-0.39, 0.29) is 5.91 Å². The first-order chi connectivity index (χ1) is 9.16. The number of anilines is 1. The van der Waals surface area contributed by atoms with E-state index in [1.807, 2.05) is 4.90 Å². The molecule has 3 amide bonds. The average Bonchev–Trinajstić information content (AvgIpc) is 2.67. The van der Waals surface area contributed by atoms with Crippen molar-refractivity contribution in [3.05, 3.63) is 29.8 Å². The van der Waals surface area contributed by atoms with E-state index in [1.165, 1.54) is 0 Å². The van der Waals surface area contributed by atoms with Crippen LogP contribution in [0.1, 0.15) is 16.8 Å². The van der Waals surface area contributed by atoms with Gasteiger partial charge < -0.3 is 21.3 Å². The molecule has 1 fully saturated rings. The fraction of sp³-hybridized carbons (Fsp3) is 0.385. The Morgan fingerprint density at radius 3 is 2.58 bits per heavy atom. The van der Waals surface area contributed by atoms with Crippen molar-refractivity contribution >= 4 is 17.6 Å². The molecule has 1 aliphatic rings. The molecule has 1 aromatic rings. The number of carbonyl (C=O) groups excluding carboxylic acids is 2. The fourth-order valence-electron chi connectivity index (χ4n) is 2.07. The first-order valence-electron chi connectivity index (χ1n) is 6.33. The Bertz CT molecular complexity index is 450. The molecular weight excluding hydrogens is 244 g/mol. The predicted octanol–water partition coefficient (Wildman–Crippen LogP) is 0.613. The van der Waals surface area contributed by atoms with Crippen LogP contribution in [0.15, 0.2) is 24.3 Å². The zero-order valence-electron chi connectivity index (χ0n) is 10.7. The molecule has 1 aromatic carbocycles. The van der Waals surface area contributed by atoms with Crippen molar-refractivity contribution in [3.63, 3.8) is 0 Å². The number of hydrogen-bond donors (Lipinski definition) is 3. The molecule has 4 N–H and O–H groups in total. The van der Waals surface area contributed by atoms with Gasteiger partial charge in [0.1, 0.15) is 0 Å². The quantitative estimate of drug-likeness (QED) is 0.730. The number of hydrogen-bond acceptors (Lipinski definition) is 3. The van der Waals surface area contributed by atoms with Crippen LogP contribution in [0.5, 0.6) is 0 Å². The first kappa shape index (κ1) is 13.4. The summed E-state index contributed by atoms with van der Waals surface area (Å²) in [5, 5.41) is 5.72. The number of rotatable bonds is 2. The van der Waals surface area contributed by atoms with Crippen LogP contribution in [0.3, 0.4) is 0 Å². The standard InChI is InChI=1S/C13H18N4O2/c14-13(19)16-11-4-2-10(3-5-11)12(18)17-8-1-6-15-7-9-17/h2-5,15H,1,6-9H2,(H3,14,16,19). The van der Waals surface area contributed by atoms with E-state index in [0.717, 1.165) is 32.6 Å². The van der Waals surface area contributed by atoms with Gasteiger partial charge in [0.25, 0.3) is 5.91 Å². The molecule has 0 bridgehead atoms. The van der Waals surface area contributed by atoms with Gasteiger partial charge in [-0.15, -0.1) is 0 Å². The normalized spacial score (nSPS) is 15.7. The summed E-state index contributed by atoms with van der Waals surface area (Å²) >= 11 is 0. The number of amides is 3. The molecule has 6 heteroatoms. The summed E-state index contributed by atoms with van der Waals surface area (Å²) in [6, 6.07) is 6.14. The van der Waals surface area contributed by atoms with Gasteiger partial charge in [-0.2, -0.15) is 0 Å². The van der Waals surface area contributed by atoms with E-state index in [2.05, 4.69) is 10.6 Å². The zero-order chi connectivity index (χ0) is 13.7. The molecule has 1 aliphatic heterocycles. The summed E-state index contributed by atoms with van der Waals surface area (Å²) in [6.07, 6.45) is 0.965. The number of nitrogens with one attached hydrogen (secondary N) is 2. The van der Waals surface area contributed by atoms with Crippen LogP contribution in [-0.2, 0) is 0 Å². The van der Waals surface area contributed by atoms with Gasteiger partial charge >= 0.3 is 6.03 Å². The average molecular weight is 262 g/mol. The number of benzene rings is 1. The highest BCUT2D eigenvalue weighted by molar-refractivity contribution is 5.95. The van der Waals surface area contributed by atoms with Crippen molar-refractivity contribution in [1.82, 2.24) is 10.2 Å². The molecule has 1 saturated heterocycles. The molecule has 0 saturated carbocycles. The number of nitrogens with zero attached hydrogens (tertiary/aromatic N) is 1. The maximum atomic E-state index is 12.3. The predicted molar refractivity (Wildman–Crippen MR) is 73.0 cm³/mol. The molecule has 0 aromatic heterocycles. The summed E-state index contributed by atoms with van der Waals surface area (Å²) in [5.41, 5.74) is 6.23. The van der Waals surface area contributed by atoms with Crippen LogP contribution in [0.25, 0.3) is 0 Å². The second kappa shape index (κ2) is 6.19. The van der Waals surface area contributed by atoms with Crippen LogP contribution in [0.4, 0.5) is 10.5 Å². The Hall–Kier alpha value is -2.08. The van der Waals surface area contributed by atoms with Crippen molar-refractivity contribution in [3.8, 4) is 0 Å². The van der Waals surface area contributed by atoms with Crippen LogP contribution in [0.2, 0.25) is 0 Å². The van der Waals surface area contributed by atoms with Gasteiger partial charge in [0.2, 0.25) is 0 Å².